The first kappa shape index (κ1) is 33.9. The summed E-state index contributed by atoms with van der Waals surface area (Å²) in [6.07, 6.45) is 3.35. The molecule has 4 aromatic carbocycles. The molecular formula is C41H40BrN3O5. The van der Waals surface area contributed by atoms with Gasteiger partial charge in [-0.25, -0.2) is 0 Å². The van der Waals surface area contributed by atoms with E-state index in [1.807, 2.05) is 103 Å². The van der Waals surface area contributed by atoms with Crippen molar-refractivity contribution in [1.82, 2.24) is 4.90 Å². The van der Waals surface area contributed by atoms with E-state index in [0.29, 0.717) is 24.2 Å². The van der Waals surface area contributed by atoms with Gasteiger partial charge in [-0.3, -0.25) is 14.4 Å². The Morgan fingerprint density at radius 1 is 0.880 bits per heavy atom. The van der Waals surface area contributed by atoms with Gasteiger partial charge in [-0.15, -0.1) is 13.2 Å². The second-order valence-corrected chi connectivity index (χ2v) is 14.5. The first-order valence-electron chi connectivity index (χ1n) is 17.0. The first-order valence-corrected chi connectivity index (χ1v) is 17.9. The lowest BCUT2D eigenvalue weighted by Gasteiger charge is -2.39. The summed E-state index contributed by atoms with van der Waals surface area (Å²) in [7, 11) is 0. The Morgan fingerprint density at radius 3 is 2.16 bits per heavy atom. The SMILES string of the molecule is C=CCN(C(=O)C1N([C@@H](CO)Cc2ccccc2)C(=O)[C@@H]2[C@@H](C(=O)N(CC=C)c3ccccc3)[C@@H]3OC12CC3Br)c1ccc2ccccc2c1. The first-order chi connectivity index (χ1) is 24.3. The number of halogens is 1. The van der Waals surface area contributed by atoms with E-state index in [4.69, 9.17) is 4.74 Å². The van der Waals surface area contributed by atoms with Crippen molar-refractivity contribution < 1.29 is 24.2 Å². The maximum Gasteiger partial charge on any atom is 0.253 e. The fourth-order valence-corrected chi connectivity index (χ4v) is 9.29. The normalized spacial score (nSPS) is 25.7. The standard InChI is InChI=1S/C41H40BrN3O5/c1-3-21-43(30-17-9-6-10-18-30)38(47)34-35-39(48)45(32(26-46)23-27-13-7-5-8-14-27)37(41(35)25-33(42)36(34)50-41)40(49)44(22-4-2)31-20-19-28-15-11-12-16-29(28)24-31/h3-20,24,32-37,46H,1-2,21-23,25-26H2/t32-,33?,34-,35+,36-,37?,41?/m1/s1. The molecule has 8 nitrogen and oxygen atoms in total. The van der Waals surface area contributed by atoms with Crippen molar-refractivity contribution in [2.24, 2.45) is 11.8 Å². The maximum absolute atomic E-state index is 15.3. The molecule has 3 saturated heterocycles. The zero-order valence-corrected chi connectivity index (χ0v) is 29.3. The van der Waals surface area contributed by atoms with Crippen molar-refractivity contribution >= 4 is 55.8 Å². The predicted octanol–water partition coefficient (Wildman–Crippen LogP) is 5.93. The second-order valence-electron chi connectivity index (χ2n) is 13.3. The van der Waals surface area contributed by atoms with Gasteiger partial charge in [0.05, 0.1) is 30.6 Å². The van der Waals surface area contributed by atoms with E-state index in [1.54, 1.807) is 26.9 Å². The smallest absolute Gasteiger partial charge is 0.253 e. The number of rotatable bonds is 12. The lowest BCUT2D eigenvalue weighted by Crippen LogP contribution is -2.59. The number of para-hydroxylation sites is 1. The van der Waals surface area contributed by atoms with E-state index in [-0.39, 0.29) is 42.2 Å². The Balaban J connectivity index is 1.35. The highest BCUT2D eigenvalue weighted by molar-refractivity contribution is 9.09. The predicted molar refractivity (Wildman–Crippen MR) is 199 cm³/mol. The number of aliphatic hydroxyl groups excluding tert-OH is 1. The van der Waals surface area contributed by atoms with Crippen LogP contribution in [0.15, 0.2) is 128 Å². The molecule has 9 heteroatoms. The van der Waals surface area contributed by atoms with Gasteiger partial charge in [0.25, 0.3) is 5.91 Å². The molecule has 7 rings (SSSR count). The van der Waals surface area contributed by atoms with Crippen molar-refractivity contribution in [3.8, 4) is 0 Å². The number of carbonyl (C=O) groups is 3. The van der Waals surface area contributed by atoms with Crippen molar-refractivity contribution in [2.75, 3.05) is 29.5 Å². The lowest BCUT2D eigenvalue weighted by molar-refractivity contribution is -0.144. The molecule has 1 N–H and O–H groups in total. The highest BCUT2D eigenvalue weighted by Gasteiger charge is 2.77. The van der Waals surface area contributed by atoms with Crippen molar-refractivity contribution in [2.45, 2.75) is 41.5 Å². The number of aliphatic hydroxyl groups is 1. The third-order valence-electron chi connectivity index (χ3n) is 10.4. The van der Waals surface area contributed by atoms with Gasteiger partial charge in [-0.1, -0.05) is 107 Å². The lowest BCUT2D eigenvalue weighted by atomic mass is 9.70. The Bertz CT molecular complexity index is 1920. The maximum atomic E-state index is 15.3. The summed E-state index contributed by atoms with van der Waals surface area (Å²) < 4.78 is 6.87. The summed E-state index contributed by atoms with van der Waals surface area (Å²) in [6.45, 7) is 7.88. The molecule has 7 atom stereocenters. The average molecular weight is 735 g/mol. The third-order valence-corrected chi connectivity index (χ3v) is 11.3. The van der Waals surface area contributed by atoms with Crippen LogP contribution >= 0.6 is 15.9 Å². The Kier molecular flexibility index (Phi) is 9.48. The minimum atomic E-state index is -1.32. The minimum Gasteiger partial charge on any atom is -0.394 e. The summed E-state index contributed by atoms with van der Waals surface area (Å²) in [6, 6.07) is 30.8. The number of benzene rings is 4. The molecule has 3 unspecified atom stereocenters. The molecule has 0 radical (unpaired) electrons. The number of likely N-dealkylation sites (tertiary alicyclic amines) is 1. The van der Waals surface area contributed by atoms with Crippen LogP contribution in [0.2, 0.25) is 0 Å². The Labute approximate surface area is 300 Å². The summed E-state index contributed by atoms with van der Waals surface area (Å²) in [5.74, 6) is -2.78. The molecule has 0 aromatic heterocycles. The fourth-order valence-electron chi connectivity index (χ4n) is 8.34. The van der Waals surface area contributed by atoms with Gasteiger partial charge < -0.3 is 24.5 Å². The zero-order valence-electron chi connectivity index (χ0n) is 27.7. The summed E-state index contributed by atoms with van der Waals surface area (Å²) in [5.41, 5.74) is 0.932. The molecule has 50 heavy (non-hydrogen) atoms. The number of ether oxygens (including phenoxy) is 1. The van der Waals surface area contributed by atoms with Gasteiger partial charge in [0.1, 0.15) is 11.6 Å². The number of hydrogen-bond acceptors (Lipinski definition) is 5. The quantitative estimate of drug-likeness (QED) is 0.144. The highest BCUT2D eigenvalue weighted by atomic mass is 79.9. The van der Waals surface area contributed by atoms with Crippen LogP contribution in [0.3, 0.4) is 0 Å². The zero-order chi connectivity index (χ0) is 35.0. The van der Waals surface area contributed by atoms with Crippen LogP contribution < -0.4 is 9.80 Å². The van der Waals surface area contributed by atoms with Gasteiger partial charge in [0.15, 0.2) is 0 Å². The summed E-state index contributed by atoms with van der Waals surface area (Å²) in [4.78, 5) is 49.5. The van der Waals surface area contributed by atoms with Gasteiger partial charge in [0.2, 0.25) is 11.8 Å². The number of carbonyl (C=O) groups excluding carboxylic acids is 3. The molecule has 4 aromatic rings. The molecule has 3 heterocycles. The van der Waals surface area contributed by atoms with Crippen LogP contribution in [0.5, 0.6) is 0 Å². The monoisotopic (exact) mass is 733 g/mol. The molecule has 3 amide bonds. The molecule has 3 fully saturated rings. The van der Waals surface area contributed by atoms with E-state index < -0.39 is 35.6 Å². The summed E-state index contributed by atoms with van der Waals surface area (Å²) >= 11 is 3.81. The van der Waals surface area contributed by atoms with Gasteiger partial charge in [0, 0.05) is 29.3 Å². The van der Waals surface area contributed by atoms with Crippen LogP contribution in [0, 0.1) is 11.8 Å². The minimum absolute atomic E-state index is 0.184. The van der Waals surface area contributed by atoms with Crippen LogP contribution in [0.4, 0.5) is 11.4 Å². The van der Waals surface area contributed by atoms with Gasteiger partial charge in [-0.05, 0) is 53.4 Å². The van der Waals surface area contributed by atoms with Crippen LogP contribution in [-0.2, 0) is 25.5 Å². The van der Waals surface area contributed by atoms with Gasteiger partial charge >= 0.3 is 0 Å². The average Bonchev–Trinajstić information content (AvgIpc) is 3.75. The van der Waals surface area contributed by atoms with E-state index in [2.05, 4.69) is 29.1 Å². The van der Waals surface area contributed by atoms with E-state index in [9.17, 15) is 9.90 Å². The highest BCUT2D eigenvalue weighted by Crippen LogP contribution is 2.61. The Morgan fingerprint density at radius 2 is 1.50 bits per heavy atom. The number of hydrogen-bond donors (Lipinski definition) is 1. The number of alkyl halides is 1. The molecular weight excluding hydrogens is 694 g/mol. The molecule has 3 aliphatic rings. The topological polar surface area (TPSA) is 90.4 Å². The molecule has 0 aliphatic carbocycles. The molecule has 2 bridgehead atoms. The second kappa shape index (κ2) is 14.0. The van der Waals surface area contributed by atoms with E-state index >= 15 is 9.59 Å². The molecule has 3 aliphatic heterocycles. The van der Waals surface area contributed by atoms with Crippen molar-refractivity contribution in [3.63, 3.8) is 0 Å². The van der Waals surface area contributed by atoms with Crippen LogP contribution in [0.25, 0.3) is 10.8 Å². The molecule has 0 saturated carbocycles. The molecule has 256 valence electrons. The number of nitrogens with zero attached hydrogens (tertiary/aromatic N) is 3. The number of fused-ring (bicyclic) bond motifs is 2. The summed E-state index contributed by atoms with van der Waals surface area (Å²) in [5, 5.41) is 12.9. The van der Waals surface area contributed by atoms with Gasteiger partial charge in [-0.2, -0.15) is 0 Å². The number of amides is 3. The van der Waals surface area contributed by atoms with Crippen molar-refractivity contribution in [3.05, 3.63) is 134 Å². The number of anilines is 2. The van der Waals surface area contributed by atoms with Crippen molar-refractivity contribution in [1.29, 1.82) is 0 Å². The van der Waals surface area contributed by atoms with Crippen LogP contribution in [-0.4, -0.2) is 76.0 Å². The van der Waals surface area contributed by atoms with E-state index in [0.717, 1.165) is 16.3 Å². The largest absolute Gasteiger partial charge is 0.394 e. The molecule has 1 spiro atoms. The van der Waals surface area contributed by atoms with Crippen LogP contribution in [0.1, 0.15) is 12.0 Å². The Hall–Kier alpha value is -4.57. The fraction of sp³-hybridized carbons (Fsp3) is 0.293. The third kappa shape index (κ3) is 5.67. The van der Waals surface area contributed by atoms with E-state index in [1.165, 1.54) is 0 Å².